The smallest absolute Gasteiger partial charge is 0.242 e. The van der Waals surface area contributed by atoms with E-state index < -0.39 is 0 Å². The molecule has 0 aliphatic rings. The molecule has 0 atom stereocenters. The largest absolute Gasteiger partial charge is 0.479 e. The third-order valence-corrected chi connectivity index (χ3v) is 5.76. The van der Waals surface area contributed by atoms with E-state index in [1.54, 1.807) is 23.9 Å². The molecule has 7 nitrogen and oxygen atoms in total. The molecule has 8 heteroatoms. The summed E-state index contributed by atoms with van der Waals surface area (Å²) < 4.78 is 20.4. The molecule has 0 unspecified atom stereocenters. The van der Waals surface area contributed by atoms with Gasteiger partial charge in [0, 0.05) is 38.8 Å². The molecule has 0 fully saturated rings. The zero-order chi connectivity index (χ0) is 23.4. The molecule has 2 heterocycles. The van der Waals surface area contributed by atoms with Crippen molar-refractivity contribution in [3.05, 3.63) is 52.5 Å². The molecule has 0 radical (unpaired) electrons. The molecule has 1 aromatic carbocycles. The number of carbonyl (C=O) groups is 1. The van der Waals surface area contributed by atoms with Crippen molar-refractivity contribution in [2.24, 2.45) is 7.05 Å². The molecule has 172 valence electrons. The van der Waals surface area contributed by atoms with E-state index in [2.05, 4.69) is 5.10 Å². The van der Waals surface area contributed by atoms with Gasteiger partial charge < -0.3 is 14.5 Å². The summed E-state index contributed by atoms with van der Waals surface area (Å²) in [5.41, 5.74) is 4.67. The van der Waals surface area contributed by atoms with Crippen LogP contribution in [0.2, 0.25) is 0 Å². The number of methoxy groups -OCH3 is 1. The van der Waals surface area contributed by atoms with Gasteiger partial charge in [0.15, 0.2) is 5.65 Å². The number of rotatable bonds is 9. The number of fused-ring (bicyclic) bond motifs is 1. The lowest BCUT2D eigenvalue weighted by molar-refractivity contribution is -0.131. The maximum Gasteiger partial charge on any atom is 0.242 e. The van der Waals surface area contributed by atoms with Gasteiger partial charge in [0.05, 0.1) is 12.5 Å². The highest BCUT2D eigenvalue weighted by Gasteiger charge is 2.20. The van der Waals surface area contributed by atoms with Crippen LogP contribution in [0.5, 0.6) is 5.88 Å². The number of carbonyl (C=O) groups excluding carboxylic acids is 1. The Kier molecular flexibility index (Phi) is 7.45. The Morgan fingerprint density at radius 1 is 1.16 bits per heavy atom. The van der Waals surface area contributed by atoms with Gasteiger partial charge in [-0.1, -0.05) is 12.1 Å². The summed E-state index contributed by atoms with van der Waals surface area (Å²) in [5, 5.41) is 5.28. The Balaban J connectivity index is 1.80. The van der Waals surface area contributed by atoms with Crippen LogP contribution in [0.3, 0.4) is 0 Å². The van der Waals surface area contributed by atoms with E-state index in [0.29, 0.717) is 31.8 Å². The first kappa shape index (κ1) is 23.7. The molecule has 0 N–H and O–H groups in total. The first-order valence-corrected chi connectivity index (χ1v) is 10.7. The zero-order valence-electron chi connectivity index (χ0n) is 19.8. The highest BCUT2D eigenvalue weighted by molar-refractivity contribution is 5.86. The molecule has 0 aliphatic carbocycles. The number of hydrogen-bond acceptors (Lipinski definition) is 5. The number of hydrogen-bond donors (Lipinski definition) is 0. The number of benzene rings is 1. The van der Waals surface area contributed by atoms with Gasteiger partial charge in [0.1, 0.15) is 5.82 Å². The third kappa shape index (κ3) is 5.24. The lowest BCUT2D eigenvalue weighted by atomic mass is 10.00. The topological polar surface area (TPSA) is 63.5 Å². The summed E-state index contributed by atoms with van der Waals surface area (Å²) in [6.07, 6.45) is 0.950. The number of pyridine rings is 1. The Bertz CT molecular complexity index is 1090. The Morgan fingerprint density at radius 2 is 1.84 bits per heavy atom. The molecule has 0 saturated carbocycles. The van der Waals surface area contributed by atoms with Crippen LogP contribution in [-0.2, 0) is 24.8 Å². The summed E-state index contributed by atoms with van der Waals surface area (Å²) in [4.78, 5) is 21.8. The van der Waals surface area contributed by atoms with Crippen LogP contribution in [0.1, 0.15) is 28.8 Å². The van der Waals surface area contributed by atoms with E-state index in [9.17, 15) is 9.18 Å². The predicted octanol–water partition coefficient (Wildman–Crippen LogP) is 3.26. The summed E-state index contributed by atoms with van der Waals surface area (Å²) in [5.74, 6) is 0.330. The highest BCUT2D eigenvalue weighted by atomic mass is 19.1. The quantitative estimate of drug-likeness (QED) is 0.510. The van der Waals surface area contributed by atoms with Gasteiger partial charge in [-0.3, -0.25) is 4.79 Å². The second kappa shape index (κ2) is 10.1. The van der Waals surface area contributed by atoms with Gasteiger partial charge in [-0.25, -0.2) is 14.1 Å². The average Bonchev–Trinajstić information content (AvgIpc) is 3.07. The summed E-state index contributed by atoms with van der Waals surface area (Å²) in [7, 11) is 7.41. The van der Waals surface area contributed by atoms with E-state index in [4.69, 9.17) is 9.72 Å². The van der Waals surface area contributed by atoms with E-state index in [1.165, 1.54) is 12.1 Å². The minimum atomic E-state index is -0.278. The summed E-state index contributed by atoms with van der Waals surface area (Å²) >= 11 is 0. The maximum absolute atomic E-state index is 13.3. The van der Waals surface area contributed by atoms with Gasteiger partial charge in [0.2, 0.25) is 11.8 Å². The minimum absolute atomic E-state index is 0.0632. The molecule has 3 rings (SSSR count). The standard InChI is InChI=1S/C24H32FN5O2/c1-16-20(17(2)26-23-22(16)24(32-6)27-29(23)5)11-12-21(31)30(14-13-28(3)4)15-18-7-9-19(25)10-8-18/h7-10H,11-15H2,1-6H3. The number of aryl methyl sites for hydroxylation is 3. The Labute approximate surface area is 188 Å². The fourth-order valence-corrected chi connectivity index (χ4v) is 3.92. The first-order valence-electron chi connectivity index (χ1n) is 10.7. The number of halogens is 1. The zero-order valence-corrected chi connectivity index (χ0v) is 19.8. The molecule has 0 spiro atoms. The fraction of sp³-hybridized carbons (Fsp3) is 0.458. The Hall–Kier alpha value is -3.00. The van der Waals surface area contributed by atoms with Crippen LogP contribution in [-0.4, -0.2) is 64.8 Å². The fourth-order valence-electron chi connectivity index (χ4n) is 3.92. The van der Waals surface area contributed by atoms with Crippen molar-refractivity contribution in [2.45, 2.75) is 33.2 Å². The van der Waals surface area contributed by atoms with Crippen molar-refractivity contribution >= 4 is 16.9 Å². The van der Waals surface area contributed by atoms with Crippen molar-refractivity contribution in [3.63, 3.8) is 0 Å². The van der Waals surface area contributed by atoms with Crippen molar-refractivity contribution < 1.29 is 13.9 Å². The van der Waals surface area contributed by atoms with E-state index >= 15 is 0 Å². The van der Waals surface area contributed by atoms with Crippen molar-refractivity contribution in [1.29, 1.82) is 0 Å². The first-order chi connectivity index (χ1) is 15.2. The van der Waals surface area contributed by atoms with E-state index in [1.807, 2.05) is 44.8 Å². The minimum Gasteiger partial charge on any atom is -0.479 e. The lowest BCUT2D eigenvalue weighted by Crippen LogP contribution is -2.36. The van der Waals surface area contributed by atoms with Crippen LogP contribution in [0.4, 0.5) is 4.39 Å². The molecule has 32 heavy (non-hydrogen) atoms. The summed E-state index contributed by atoms with van der Waals surface area (Å²) in [6, 6.07) is 6.32. The third-order valence-electron chi connectivity index (χ3n) is 5.76. The van der Waals surface area contributed by atoms with Gasteiger partial charge >= 0.3 is 0 Å². The van der Waals surface area contributed by atoms with Gasteiger partial charge in [-0.15, -0.1) is 5.10 Å². The number of aromatic nitrogens is 3. The monoisotopic (exact) mass is 441 g/mol. The predicted molar refractivity (Wildman–Crippen MR) is 123 cm³/mol. The highest BCUT2D eigenvalue weighted by Crippen LogP contribution is 2.30. The van der Waals surface area contributed by atoms with Crippen LogP contribution in [0.15, 0.2) is 24.3 Å². The van der Waals surface area contributed by atoms with E-state index in [-0.39, 0.29) is 11.7 Å². The molecule has 0 aliphatic heterocycles. The Morgan fingerprint density at radius 3 is 2.47 bits per heavy atom. The average molecular weight is 442 g/mol. The SMILES string of the molecule is COc1nn(C)c2nc(C)c(CCC(=O)N(CCN(C)C)Cc3ccc(F)cc3)c(C)c12. The summed E-state index contributed by atoms with van der Waals surface area (Å²) in [6.45, 7) is 5.82. The normalized spacial score (nSPS) is 11.4. The number of ether oxygens (including phenoxy) is 1. The maximum atomic E-state index is 13.3. The van der Waals surface area contributed by atoms with Gasteiger partial charge in [-0.05, 0) is 63.2 Å². The van der Waals surface area contributed by atoms with Crippen LogP contribution in [0, 0.1) is 19.7 Å². The van der Waals surface area contributed by atoms with Crippen LogP contribution in [0.25, 0.3) is 11.0 Å². The second-order valence-electron chi connectivity index (χ2n) is 8.38. The molecular weight excluding hydrogens is 409 g/mol. The second-order valence-corrected chi connectivity index (χ2v) is 8.38. The molecule has 0 saturated heterocycles. The van der Waals surface area contributed by atoms with Gasteiger partial charge in [-0.2, -0.15) is 0 Å². The molecular formula is C24H32FN5O2. The molecule has 2 aromatic heterocycles. The molecule has 3 aromatic rings. The van der Waals surface area contributed by atoms with Gasteiger partial charge in [0.25, 0.3) is 0 Å². The van der Waals surface area contributed by atoms with Crippen molar-refractivity contribution in [1.82, 2.24) is 24.6 Å². The number of amides is 1. The number of nitrogens with zero attached hydrogens (tertiary/aromatic N) is 5. The van der Waals surface area contributed by atoms with Crippen molar-refractivity contribution in [3.8, 4) is 5.88 Å². The number of likely N-dealkylation sites (N-methyl/N-ethyl adjacent to an activating group) is 1. The molecule has 0 bridgehead atoms. The van der Waals surface area contributed by atoms with E-state index in [0.717, 1.165) is 40.0 Å². The lowest BCUT2D eigenvalue weighted by Gasteiger charge is -2.25. The van der Waals surface area contributed by atoms with Crippen LogP contribution >= 0.6 is 0 Å². The molecule has 1 amide bonds. The van der Waals surface area contributed by atoms with Crippen molar-refractivity contribution in [2.75, 3.05) is 34.3 Å². The van der Waals surface area contributed by atoms with Crippen LogP contribution < -0.4 is 4.74 Å².